The van der Waals surface area contributed by atoms with Crippen molar-refractivity contribution in [3.8, 4) is 17.2 Å². The lowest BCUT2D eigenvalue weighted by Crippen LogP contribution is -2.10. The number of hydrogen-bond donors (Lipinski definition) is 0. The largest absolute Gasteiger partial charge is 0.493 e. The molecule has 0 aliphatic rings. The molecule has 0 saturated carbocycles. The quantitative estimate of drug-likeness (QED) is 0.265. The van der Waals surface area contributed by atoms with Gasteiger partial charge in [-0.1, -0.05) is 48.0 Å². The summed E-state index contributed by atoms with van der Waals surface area (Å²) < 4.78 is 19.8. The van der Waals surface area contributed by atoms with Crippen LogP contribution in [0.1, 0.15) is 30.3 Å². The molecule has 0 fully saturated rings. The maximum absolute atomic E-state index is 6.04. The van der Waals surface area contributed by atoms with Gasteiger partial charge >= 0.3 is 0 Å². The van der Waals surface area contributed by atoms with Gasteiger partial charge in [0, 0.05) is 6.54 Å². The van der Waals surface area contributed by atoms with Crippen LogP contribution in [0.3, 0.4) is 0 Å². The van der Waals surface area contributed by atoms with Crippen molar-refractivity contribution in [2.24, 2.45) is 0 Å². The Morgan fingerprint density at radius 3 is 2.55 bits per heavy atom. The number of fused-ring (bicyclic) bond motifs is 1. The predicted octanol–water partition coefficient (Wildman–Crippen LogP) is 6.43. The molecule has 5 nitrogen and oxygen atoms in total. The van der Waals surface area contributed by atoms with E-state index < -0.39 is 0 Å². The Bertz CT molecular complexity index is 1230. The summed E-state index contributed by atoms with van der Waals surface area (Å²) in [5.41, 5.74) is 4.38. The first-order valence-corrected chi connectivity index (χ1v) is 11.2. The number of benzene rings is 3. The van der Waals surface area contributed by atoms with Gasteiger partial charge in [0.25, 0.3) is 0 Å². The number of allylic oxidation sites excluding steroid dienone is 1. The molecule has 0 N–H and O–H groups in total. The van der Waals surface area contributed by atoms with Crippen LogP contribution in [-0.4, -0.2) is 23.3 Å². The first-order valence-electron chi connectivity index (χ1n) is 11.2. The summed E-state index contributed by atoms with van der Waals surface area (Å²) in [5, 5.41) is 0. The topological polar surface area (TPSA) is 45.5 Å². The van der Waals surface area contributed by atoms with Crippen LogP contribution in [0, 0.1) is 6.92 Å². The van der Waals surface area contributed by atoms with E-state index in [0.717, 1.165) is 52.6 Å². The molecule has 0 aliphatic carbocycles. The third-order valence-electron chi connectivity index (χ3n) is 5.45. The average molecular weight is 443 g/mol. The minimum atomic E-state index is 0.416. The van der Waals surface area contributed by atoms with Gasteiger partial charge in [0.05, 0.1) is 24.8 Å². The van der Waals surface area contributed by atoms with Crippen LogP contribution in [0.15, 0.2) is 72.8 Å². The second kappa shape index (κ2) is 10.7. The summed E-state index contributed by atoms with van der Waals surface area (Å²) in [6.07, 6.45) is 4.87. The summed E-state index contributed by atoms with van der Waals surface area (Å²) in [6.45, 7) is 5.84. The number of nitrogens with zero attached hydrogens (tertiary/aromatic N) is 2. The molecule has 170 valence electrons. The number of rotatable bonds is 10. The highest BCUT2D eigenvalue weighted by atomic mass is 16.5. The molecule has 0 aliphatic heterocycles. The first-order chi connectivity index (χ1) is 16.2. The van der Waals surface area contributed by atoms with Crippen molar-refractivity contribution in [1.82, 2.24) is 9.55 Å². The fourth-order valence-electron chi connectivity index (χ4n) is 3.77. The van der Waals surface area contributed by atoms with Gasteiger partial charge in [0.15, 0.2) is 11.5 Å². The lowest BCUT2D eigenvalue weighted by atomic mass is 10.2. The second-order valence-electron chi connectivity index (χ2n) is 7.88. The Balaban J connectivity index is 1.42. The molecule has 0 amide bonds. The molecule has 5 heteroatoms. The van der Waals surface area contributed by atoms with Gasteiger partial charge in [-0.25, -0.2) is 4.98 Å². The summed E-state index contributed by atoms with van der Waals surface area (Å²) in [7, 11) is 1.67. The Morgan fingerprint density at radius 1 is 0.939 bits per heavy atom. The monoisotopic (exact) mass is 442 g/mol. The number of aromatic nitrogens is 2. The van der Waals surface area contributed by atoms with E-state index in [1.54, 1.807) is 7.11 Å². The van der Waals surface area contributed by atoms with E-state index in [2.05, 4.69) is 29.7 Å². The zero-order valence-corrected chi connectivity index (χ0v) is 19.5. The standard InChI is InChI=1S/C28H30N2O3/c1-4-8-22-13-16-26(27(19-22)31-3)32-18-7-17-30-25-10-6-5-9-24(25)29-28(30)20-33-23-14-11-21(2)12-15-23/h4-6,8-16,19H,7,17-18,20H2,1-3H3/b8-4+. The van der Waals surface area contributed by atoms with E-state index in [9.17, 15) is 0 Å². The smallest absolute Gasteiger partial charge is 0.161 e. The summed E-state index contributed by atoms with van der Waals surface area (Å²) in [6, 6.07) is 22.2. The Hall–Kier alpha value is -3.73. The highest BCUT2D eigenvalue weighted by Crippen LogP contribution is 2.29. The lowest BCUT2D eigenvalue weighted by Gasteiger charge is -2.13. The Kier molecular flexibility index (Phi) is 7.30. The van der Waals surface area contributed by atoms with Crippen LogP contribution in [0.4, 0.5) is 0 Å². The lowest BCUT2D eigenvalue weighted by molar-refractivity contribution is 0.273. The van der Waals surface area contributed by atoms with Crippen molar-refractivity contribution in [3.05, 3.63) is 89.8 Å². The number of para-hydroxylation sites is 2. The highest BCUT2D eigenvalue weighted by molar-refractivity contribution is 5.75. The van der Waals surface area contributed by atoms with Crippen molar-refractivity contribution in [1.29, 1.82) is 0 Å². The fraction of sp³-hybridized carbons (Fsp3) is 0.250. The molecular formula is C28H30N2O3. The Morgan fingerprint density at radius 2 is 1.76 bits per heavy atom. The normalized spacial score (nSPS) is 11.2. The molecule has 4 aromatic rings. The van der Waals surface area contributed by atoms with Gasteiger partial charge < -0.3 is 18.8 Å². The molecule has 0 radical (unpaired) electrons. The van der Waals surface area contributed by atoms with E-state index in [-0.39, 0.29) is 0 Å². The zero-order chi connectivity index (χ0) is 23.0. The molecule has 33 heavy (non-hydrogen) atoms. The molecule has 1 heterocycles. The van der Waals surface area contributed by atoms with Gasteiger partial charge in [0.1, 0.15) is 18.2 Å². The van der Waals surface area contributed by atoms with Crippen LogP contribution < -0.4 is 14.2 Å². The Labute approximate surface area is 195 Å². The van der Waals surface area contributed by atoms with Crippen LogP contribution >= 0.6 is 0 Å². The number of ether oxygens (including phenoxy) is 3. The SMILES string of the molecule is C/C=C/c1ccc(OCCCn2c(COc3ccc(C)cc3)nc3ccccc32)c(OC)c1. The minimum absolute atomic E-state index is 0.416. The molecule has 0 bridgehead atoms. The molecule has 1 aromatic heterocycles. The van der Waals surface area contributed by atoms with E-state index in [1.165, 1.54) is 5.56 Å². The molecule has 0 saturated heterocycles. The van der Waals surface area contributed by atoms with Crippen molar-refractivity contribution < 1.29 is 14.2 Å². The third kappa shape index (κ3) is 5.55. The van der Waals surface area contributed by atoms with Gasteiger partial charge in [-0.05, 0) is 62.2 Å². The molecule has 0 atom stereocenters. The van der Waals surface area contributed by atoms with Crippen molar-refractivity contribution in [3.63, 3.8) is 0 Å². The van der Waals surface area contributed by atoms with E-state index in [4.69, 9.17) is 19.2 Å². The average Bonchev–Trinajstić information content (AvgIpc) is 3.19. The highest BCUT2D eigenvalue weighted by Gasteiger charge is 2.12. The second-order valence-corrected chi connectivity index (χ2v) is 7.88. The van der Waals surface area contributed by atoms with Crippen molar-refractivity contribution >= 4 is 17.1 Å². The van der Waals surface area contributed by atoms with Crippen molar-refractivity contribution in [2.75, 3.05) is 13.7 Å². The van der Waals surface area contributed by atoms with E-state index >= 15 is 0 Å². The number of methoxy groups -OCH3 is 1. The van der Waals surface area contributed by atoms with Crippen LogP contribution in [-0.2, 0) is 13.2 Å². The van der Waals surface area contributed by atoms with Gasteiger partial charge in [-0.15, -0.1) is 0 Å². The summed E-state index contributed by atoms with van der Waals surface area (Å²) in [5.74, 6) is 3.25. The molecule has 0 spiro atoms. The fourth-order valence-corrected chi connectivity index (χ4v) is 3.77. The number of aryl methyl sites for hydroxylation is 2. The van der Waals surface area contributed by atoms with Gasteiger partial charge in [0.2, 0.25) is 0 Å². The first kappa shape index (κ1) is 22.5. The third-order valence-corrected chi connectivity index (χ3v) is 5.45. The maximum atomic E-state index is 6.04. The number of imidazole rings is 1. The summed E-state index contributed by atoms with van der Waals surface area (Å²) in [4.78, 5) is 4.81. The molecule has 4 rings (SSSR count). The summed E-state index contributed by atoms with van der Waals surface area (Å²) >= 11 is 0. The minimum Gasteiger partial charge on any atom is -0.493 e. The predicted molar refractivity (Wildman–Crippen MR) is 133 cm³/mol. The van der Waals surface area contributed by atoms with Gasteiger partial charge in [-0.3, -0.25) is 0 Å². The van der Waals surface area contributed by atoms with E-state index in [1.807, 2.05) is 67.6 Å². The molecular weight excluding hydrogens is 412 g/mol. The molecule has 3 aromatic carbocycles. The van der Waals surface area contributed by atoms with Crippen LogP contribution in [0.2, 0.25) is 0 Å². The van der Waals surface area contributed by atoms with Crippen LogP contribution in [0.5, 0.6) is 17.2 Å². The maximum Gasteiger partial charge on any atom is 0.161 e. The van der Waals surface area contributed by atoms with Crippen molar-refractivity contribution in [2.45, 2.75) is 33.4 Å². The number of hydrogen-bond acceptors (Lipinski definition) is 4. The molecule has 0 unspecified atom stereocenters. The zero-order valence-electron chi connectivity index (χ0n) is 19.5. The van der Waals surface area contributed by atoms with E-state index in [0.29, 0.717) is 13.2 Å². The van der Waals surface area contributed by atoms with Crippen LogP contribution in [0.25, 0.3) is 17.1 Å². The van der Waals surface area contributed by atoms with Gasteiger partial charge in [-0.2, -0.15) is 0 Å².